The molecule has 330 valence electrons. The van der Waals surface area contributed by atoms with E-state index in [1.54, 1.807) is 6.07 Å². The van der Waals surface area contributed by atoms with Gasteiger partial charge in [0.05, 0.1) is 28.8 Å². The van der Waals surface area contributed by atoms with Crippen LogP contribution in [0.5, 0.6) is 11.8 Å². The fourth-order valence-corrected chi connectivity index (χ4v) is 6.06. The Kier molecular flexibility index (Phi) is 13.7. The Bertz CT molecular complexity index is 3190. The molecule has 0 fully saturated rings. The summed E-state index contributed by atoms with van der Waals surface area (Å²) in [5.74, 6) is -8.92. The molecule has 3 aromatic heterocycles. The maximum Gasteiger partial charge on any atom is 0.351 e. The number of carboxylic acid groups (broad SMARTS) is 4. The van der Waals surface area contributed by atoms with E-state index in [4.69, 9.17) is 6.57 Å². The largest absolute Gasteiger partial charge is 0.502 e. The Morgan fingerprint density at radius 1 is 0.815 bits per heavy atom. The maximum atomic E-state index is 13.8. The number of H-pyrrole nitrogens is 1. The fraction of sp³-hybridized carbons (Fsp3) is 0.154. The number of aromatic hydroxyl groups is 2. The summed E-state index contributed by atoms with van der Waals surface area (Å²) in [6.45, 7) is 13.6. The van der Waals surface area contributed by atoms with E-state index in [-0.39, 0.29) is 47.2 Å². The number of aromatic amines is 1. The van der Waals surface area contributed by atoms with Crippen LogP contribution in [0.25, 0.3) is 10.7 Å². The SMILES string of the molecule is [C-]#[N+]c1c(CC)c(N=Nc2cc(C(=O)O)ccc2C(=O)O)c(=O)n(C(=C)Nc2nc(NCCn3c(O)c(C#N)c(CC)c(N=Nc4cc(C(=O)O)ccc4C(=O)O)c3=O)nc(=O)[nH]2)c1O. The van der Waals surface area contributed by atoms with Gasteiger partial charge in [-0.05, 0) is 54.8 Å². The van der Waals surface area contributed by atoms with Gasteiger partial charge >= 0.3 is 29.6 Å². The highest BCUT2D eigenvalue weighted by Gasteiger charge is 2.25. The first kappa shape index (κ1) is 46.2. The zero-order chi connectivity index (χ0) is 47.9. The normalized spacial score (nSPS) is 11.0. The molecule has 0 saturated heterocycles. The van der Waals surface area contributed by atoms with Crippen LogP contribution >= 0.6 is 0 Å². The lowest BCUT2D eigenvalue weighted by molar-refractivity contribution is 0.0682. The molecule has 5 aromatic rings. The molecule has 0 amide bonds. The summed E-state index contributed by atoms with van der Waals surface area (Å²) in [6, 6.07) is 7.59. The van der Waals surface area contributed by atoms with Crippen LogP contribution in [-0.4, -0.2) is 85.1 Å². The number of aromatic nitrogens is 5. The van der Waals surface area contributed by atoms with Crippen LogP contribution in [0.3, 0.4) is 0 Å². The molecule has 9 N–H and O–H groups in total. The molecule has 3 heterocycles. The Labute approximate surface area is 361 Å². The van der Waals surface area contributed by atoms with Gasteiger partial charge in [0.25, 0.3) is 16.8 Å². The van der Waals surface area contributed by atoms with E-state index >= 15 is 0 Å². The second-order valence-corrected chi connectivity index (χ2v) is 13.0. The lowest BCUT2D eigenvalue weighted by Gasteiger charge is -2.17. The zero-order valence-corrected chi connectivity index (χ0v) is 33.5. The summed E-state index contributed by atoms with van der Waals surface area (Å²) in [5, 5.41) is 90.4. The molecule has 0 atom stereocenters. The lowest BCUT2D eigenvalue weighted by atomic mass is 10.1. The van der Waals surface area contributed by atoms with Crippen molar-refractivity contribution < 1.29 is 49.8 Å². The van der Waals surface area contributed by atoms with Gasteiger partial charge in [-0.15, -0.1) is 20.5 Å². The van der Waals surface area contributed by atoms with E-state index in [1.165, 1.54) is 13.8 Å². The molecule has 0 unspecified atom stereocenters. The molecule has 0 radical (unpaired) electrons. The predicted molar refractivity (Wildman–Crippen MR) is 224 cm³/mol. The summed E-state index contributed by atoms with van der Waals surface area (Å²) < 4.78 is 1.19. The zero-order valence-electron chi connectivity index (χ0n) is 33.5. The molecule has 26 heteroatoms. The number of pyridine rings is 2. The highest BCUT2D eigenvalue weighted by Crippen LogP contribution is 2.37. The number of carboxylic acids is 4. The molecule has 0 aliphatic heterocycles. The van der Waals surface area contributed by atoms with Crippen LogP contribution in [0.4, 0.5) is 40.3 Å². The number of nitrogens with zero attached hydrogens (tertiary/aromatic N) is 10. The van der Waals surface area contributed by atoms with Crippen molar-refractivity contribution in [3.05, 3.63) is 125 Å². The Morgan fingerprint density at radius 2 is 1.35 bits per heavy atom. The number of nitrogens with one attached hydrogen (secondary N) is 3. The van der Waals surface area contributed by atoms with Gasteiger partial charge in [-0.2, -0.15) is 15.2 Å². The molecule has 2 aromatic carbocycles. The topological polar surface area (TPSA) is 394 Å². The number of hydrogen-bond donors (Lipinski definition) is 9. The van der Waals surface area contributed by atoms with Crippen molar-refractivity contribution in [3.8, 4) is 17.8 Å². The summed E-state index contributed by atoms with van der Waals surface area (Å²) in [6.07, 6.45) is -0.104. The fourth-order valence-electron chi connectivity index (χ4n) is 6.06. The second-order valence-electron chi connectivity index (χ2n) is 13.0. The second kappa shape index (κ2) is 19.2. The molecule has 65 heavy (non-hydrogen) atoms. The van der Waals surface area contributed by atoms with E-state index in [2.05, 4.69) is 57.5 Å². The van der Waals surface area contributed by atoms with E-state index in [9.17, 15) is 69.5 Å². The van der Waals surface area contributed by atoms with Crippen molar-refractivity contribution in [2.24, 2.45) is 20.5 Å². The van der Waals surface area contributed by atoms with Crippen LogP contribution in [0, 0.1) is 17.9 Å². The molecule has 0 aliphatic carbocycles. The number of hydrogen-bond acceptors (Lipinski definition) is 18. The molecular formula is C39H31N13O13. The number of azo groups is 2. The van der Waals surface area contributed by atoms with E-state index in [0.717, 1.165) is 36.4 Å². The highest BCUT2D eigenvalue weighted by molar-refractivity contribution is 5.97. The molecule has 0 saturated carbocycles. The summed E-state index contributed by atoms with van der Waals surface area (Å²) in [5.41, 5.74) is -7.79. The lowest BCUT2D eigenvalue weighted by Crippen LogP contribution is -2.27. The number of rotatable bonds is 17. The van der Waals surface area contributed by atoms with Crippen molar-refractivity contribution in [1.29, 1.82) is 5.26 Å². The van der Waals surface area contributed by atoms with E-state index < -0.39 is 116 Å². The van der Waals surface area contributed by atoms with Crippen molar-refractivity contribution in [2.75, 3.05) is 17.2 Å². The number of carbonyl (C=O) groups is 4. The molecule has 0 spiro atoms. The summed E-state index contributed by atoms with van der Waals surface area (Å²) >= 11 is 0. The maximum absolute atomic E-state index is 13.8. The average Bonchev–Trinajstić information content (AvgIpc) is 3.25. The minimum atomic E-state index is -1.50. The molecule has 26 nitrogen and oxygen atoms in total. The van der Waals surface area contributed by atoms with Crippen LogP contribution in [-0.2, 0) is 19.4 Å². The number of benzene rings is 2. The van der Waals surface area contributed by atoms with Crippen molar-refractivity contribution in [2.45, 2.75) is 33.2 Å². The predicted octanol–water partition coefficient (Wildman–Crippen LogP) is 4.72. The minimum absolute atomic E-state index is 0.0320. The average molecular weight is 890 g/mol. The Morgan fingerprint density at radius 3 is 1.83 bits per heavy atom. The number of anilines is 2. The van der Waals surface area contributed by atoms with Gasteiger partial charge in [-0.25, -0.2) is 33.4 Å². The molecular weight excluding hydrogens is 859 g/mol. The van der Waals surface area contributed by atoms with Crippen molar-refractivity contribution in [1.82, 2.24) is 24.1 Å². The first-order chi connectivity index (χ1) is 30.9. The molecule has 5 rings (SSSR count). The van der Waals surface area contributed by atoms with Gasteiger partial charge in [-0.1, -0.05) is 20.4 Å². The Balaban J connectivity index is 1.46. The van der Waals surface area contributed by atoms with Crippen molar-refractivity contribution >= 4 is 70.0 Å². The van der Waals surface area contributed by atoms with Gasteiger partial charge < -0.3 is 41.3 Å². The molecule has 0 bridgehead atoms. The van der Waals surface area contributed by atoms with Crippen LogP contribution in [0.2, 0.25) is 0 Å². The minimum Gasteiger partial charge on any atom is -0.502 e. The van der Waals surface area contributed by atoms with Crippen molar-refractivity contribution in [3.63, 3.8) is 0 Å². The van der Waals surface area contributed by atoms with Gasteiger partial charge in [0.1, 0.15) is 34.5 Å². The first-order valence-corrected chi connectivity index (χ1v) is 18.4. The van der Waals surface area contributed by atoms with E-state index in [0.29, 0.717) is 9.13 Å². The monoisotopic (exact) mass is 889 g/mol. The third-order valence-electron chi connectivity index (χ3n) is 9.11. The number of nitriles is 1. The van der Waals surface area contributed by atoms with Crippen LogP contribution in [0.1, 0.15) is 72.0 Å². The van der Waals surface area contributed by atoms with Gasteiger partial charge in [0.15, 0.2) is 5.69 Å². The standard InChI is InChI=1S/C39H31N13O13/c1-5-19-23(15-40)29(53)51(30(54)27(19)49-47-24-13-17(33(57)58)7-9-21(24)35(61)62)12-11-42-37-44-38(46-39(65)45-37)43-16(3)52-31(55)26(41-4)20(6-2)28(32(52)56)50-48-25-14-18(34(59)60)8-10-22(25)36(63)64/h7-10,13-14,53,55H,3,5-6,11-12H2,1-2H3,(H,57,58)(H,59,60)(H,61,62)(H,63,64)(H3,42,43,44,45,46,65). The van der Waals surface area contributed by atoms with Crippen LogP contribution in [0.15, 0.2) is 77.8 Å². The van der Waals surface area contributed by atoms with Crippen LogP contribution < -0.4 is 27.4 Å². The third kappa shape index (κ3) is 9.55. The van der Waals surface area contributed by atoms with E-state index in [1.807, 2.05) is 0 Å². The molecule has 0 aliphatic rings. The Hall–Kier alpha value is -9.85. The smallest absolute Gasteiger partial charge is 0.351 e. The van der Waals surface area contributed by atoms with Gasteiger partial charge in [-0.3, -0.25) is 19.1 Å². The van der Waals surface area contributed by atoms with Gasteiger partial charge in [0.2, 0.25) is 23.7 Å². The highest BCUT2D eigenvalue weighted by atomic mass is 16.4. The summed E-state index contributed by atoms with van der Waals surface area (Å²) in [4.78, 5) is 100. The van der Waals surface area contributed by atoms with Gasteiger partial charge in [0, 0.05) is 18.7 Å². The third-order valence-corrected chi connectivity index (χ3v) is 9.11. The quantitative estimate of drug-likeness (QED) is 0.0450. The first-order valence-electron chi connectivity index (χ1n) is 18.4. The summed E-state index contributed by atoms with van der Waals surface area (Å²) in [7, 11) is 0. The number of aromatic carboxylic acids is 4.